The summed E-state index contributed by atoms with van der Waals surface area (Å²) in [6.45, 7) is 13.3. The zero-order valence-electron chi connectivity index (χ0n) is 13.7. The average Bonchev–Trinajstić information content (AvgIpc) is 2.29. The standard InChI is InChI=1S/C14H29N3O2S/c1-7-15-12(16-9-8-10-20(6,18)19)17-11-13(2,3)14(17,4)5/h7-11H2,1-6H3,(H,15,16). The second kappa shape index (κ2) is 5.92. The van der Waals surface area contributed by atoms with Gasteiger partial charge >= 0.3 is 0 Å². The number of aliphatic imine (C=N–C) groups is 1. The Morgan fingerprint density at radius 1 is 1.30 bits per heavy atom. The van der Waals surface area contributed by atoms with Crippen molar-refractivity contribution in [1.29, 1.82) is 0 Å². The van der Waals surface area contributed by atoms with Gasteiger partial charge in [0.05, 0.1) is 5.75 Å². The van der Waals surface area contributed by atoms with Crippen LogP contribution in [0.2, 0.25) is 0 Å². The van der Waals surface area contributed by atoms with Crippen LogP contribution in [0.25, 0.3) is 0 Å². The predicted octanol–water partition coefficient (Wildman–Crippen LogP) is 1.51. The van der Waals surface area contributed by atoms with E-state index in [-0.39, 0.29) is 16.7 Å². The zero-order chi connectivity index (χ0) is 15.6. The van der Waals surface area contributed by atoms with Crippen molar-refractivity contribution in [2.45, 2.75) is 46.6 Å². The van der Waals surface area contributed by atoms with Gasteiger partial charge in [-0.05, 0) is 27.2 Å². The summed E-state index contributed by atoms with van der Waals surface area (Å²) in [5.41, 5.74) is 0.320. The largest absolute Gasteiger partial charge is 0.356 e. The van der Waals surface area contributed by atoms with Crippen LogP contribution in [-0.4, -0.2) is 56.5 Å². The van der Waals surface area contributed by atoms with Gasteiger partial charge in [-0.1, -0.05) is 13.8 Å². The maximum Gasteiger partial charge on any atom is 0.194 e. The lowest BCUT2D eigenvalue weighted by molar-refractivity contribution is -0.0667. The second-order valence-electron chi connectivity index (χ2n) is 6.75. The van der Waals surface area contributed by atoms with Gasteiger partial charge in [0.1, 0.15) is 9.84 Å². The normalized spacial score (nSPS) is 21.5. The fourth-order valence-corrected chi connectivity index (χ4v) is 2.96. The Balaban J connectivity index is 2.66. The minimum absolute atomic E-state index is 0.0604. The van der Waals surface area contributed by atoms with E-state index in [2.05, 4.69) is 42.9 Å². The molecule has 1 rings (SSSR count). The number of hydrogen-bond donors (Lipinski definition) is 1. The molecule has 1 aliphatic heterocycles. The zero-order valence-corrected chi connectivity index (χ0v) is 14.5. The number of likely N-dealkylation sites (tertiary alicyclic amines) is 1. The van der Waals surface area contributed by atoms with Crippen molar-refractivity contribution in [2.24, 2.45) is 10.4 Å². The third-order valence-electron chi connectivity index (χ3n) is 4.41. The lowest BCUT2D eigenvalue weighted by Gasteiger charge is -2.62. The first-order valence-electron chi connectivity index (χ1n) is 7.25. The van der Waals surface area contributed by atoms with E-state index in [0.717, 1.165) is 19.0 Å². The first-order chi connectivity index (χ1) is 9.01. The smallest absolute Gasteiger partial charge is 0.194 e. The van der Waals surface area contributed by atoms with Crippen LogP contribution in [0.15, 0.2) is 4.99 Å². The molecule has 0 amide bonds. The van der Waals surface area contributed by atoms with Crippen LogP contribution in [-0.2, 0) is 9.84 Å². The molecule has 0 aromatic heterocycles. The van der Waals surface area contributed by atoms with E-state index in [1.54, 1.807) is 0 Å². The van der Waals surface area contributed by atoms with Crippen molar-refractivity contribution in [3.05, 3.63) is 0 Å². The number of sulfone groups is 1. The van der Waals surface area contributed by atoms with Crippen LogP contribution in [0.4, 0.5) is 0 Å². The van der Waals surface area contributed by atoms with Gasteiger partial charge in [0.15, 0.2) is 5.96 Å². The fourth-order valence-electron chi connectivity index (χ4n) is 2.31. The summed E-state index contributed by atoms with van der Waals surface area (Å²) in [7, 11) is -2.89. The van der Waals surface area contributed by atoms with Gasteiger partial charge in [-0.2, -0.15) is 0 Å². The molecule has 20 heavy (non-hydrogen) atoms. The van der Waals surface area contributed by atoms with Crippen molar-refractivity contribution < 1.29 is 8.42 Å². The second-order valence-corrected chi connectivity index (χ2v) is 9.01. The predicted molar refractivity (Wildman–Crippen MR) is 84.9 cm³/mol. The van der Waals surface area contributed by atoms with E-state index < -0.39 is 9.84 Å². The van der Waals surface area contributed by atoms with Crippen LogP contribution >= 0.6 is 0 Å². The Labute approximate surface area is 123 Å². The van der Waals surface area contributed by atoms with E-state index in [1.807, 2.05) is 6.92 Å². The molecule has 5 nitrogen and oxygen atoms in total. The van der Waals surface area contributed by atoms with Gasteiger partial charge < -0.3 is 10.2 Å². The van der Waals surface area contributed by atoms with Crippen LogP contribution in [0.3, 0.4) is 0 Å². The lowest BCUT2D eigenvalue weighted by atomic mass is 9.65. The van der Waals surface area contributed by atoms with E-state index >= 15 is 0 Å². The van der Waals surface area contributed by atoms with Crippen LogP contribution in [0, 0.1) is 5.41 Å². The third-order valence-corrected chi connectivity index (χ3v) is 5.44. The van der Waals surface area contributed by atoms with Crippen molar-refractivity contribution in [1.82, 2.24) is 10.2 Å². The number of rotatable bonds is 5. The maximum atomic E-state index is 11.1. The first kappa shape index (κ1) is 17.3. The van der Waals surface area contributed by atoms with Gasteiger partial charge in [-0.25, -0.2) is 8.42 Å². The molecule has 1 aliphatic rings. The Hall–Kier alpha value is -0.780. The van der Waals surface area contributed by atoms with Crippen molar-refractivity contribution in [3.63, 3.8) is 0 Å². The summed E-state index contributed by atoms with van der Waals surface area (Å²) in [5.74, 6) is 1.09. The van der Waals surface area contributed by atoms with Gasteiger partial charge in [-0.3, -0.25) is 4.99 Å². The molecule has 1 saturated heterocycles. The molecule has 0 bridgehead atoms. The Bertz CT molecular complexity index is 467. The summed E-state index contributed by atoms with van der Waals surface area (Å²) in [4.78, 5) is 6.84. The van der Waals surface area contributed by atoms with Gasteiger partial charge in [-0.15, -0.1) is 0 Å². The van der Waals surface area contributed by atoms with Crippen molar-refractivity contribution in [3.8, 4) is 0 Å². The van der Waals surface area contributed by atoms with Crippen LogP contribution < -0.4 is 5.32 Å². The topological polar surface area (TPSA) is 61.8 Å². The van der Waals surface area contributed by atoms with E-state index in [4.69, 9.17) is 0 Å². The SMILES string of the molecule is CCNC(=NCCCS(C)(=O)=O)N1CC(C)(C)C1(C)C. The molecule has 0 radical (unpaired) electrons. The summed E-state index contributed by atoms with van der Waals surface area (Å²) in [6, 6.07) is 0. The van der Waals surface area contributed by atoms with Crippen LogP contribution in [0.1, 0.15) is 41.0 Å². The van der Waals surface area contributed by atoms with Crippen molar-refractivity contribution >= 4 is 15.8 Å². The quantitative estimate of drug-likeness (QED) is 0.475. The molecular weight excluding hydrogens is 274 g/mol. The van der Waals surface area contributed by atoms with Gasteiger partial charge in [0.25, 0.3) is 0 Å². The molecule has 1 heterocycles. The fraction of sp³-hybridized carbons (Fsp3) is 0.929. The summed E-state index contributed by atoms with van der Waals surface area (Å²) in [5, 5.41) is 3.30. The molecule has 0 spiro atoms. The highest BCUT2D eigenvalue weighted by molar-refractivity contribution is 7.90. The highest BCUT2D eigenvalue weighted by Crippen LogP contribution is 2.46. The molecule has 0 aromatic carbocycles. The molecule has 0 saturated carbocycles. The molecule has 6 heteroatoms. The first-order valence-corrected chi connectivity index (χ1v) is 9.31. The highest BCUT2D eigenvalue weighted by atomic mass is 32.2. The van der Waals surface area contributed by atoms with Crippen LogP contribution in [0.5, 0.6) is 0 Å². The molecule has 0 atom stereocenters. The molecule has 1 fully saturated rings. The van der Waals surface area contributed by atoms with E-state index in [9.17, 15) is 8.42 Å². The summed E-state index contributed by atoms with van der Waals surface area (Å²) in [6.07, 6.45) is 1.84. The lowest BCUT2D eigenvalue weighted by Crippen LogP contribution is -2.72. The number of nitrogens with one attached hydrogen (secondary N) is 1. The minimum Gasteiger partial charge on any atom is -0.356 e. The molecule has 118 valence electrons. The monoisotopic (exact) mass is 303 g/mol. The van der Waals surface area contributed by atoms with Gasteiger partial charge in [0.2, 0.25) is 0 Å². The Kier molecular flexibility index (Phi) is 5.11. The molecular formula is C14H29N3O2S. The average molecular weight is 303 g/mol. The Morgan fingerprint density at radius 3 is 2.30 bits per heavy atom. The molecule has 0 aliphatic carbocycles. The minimum atomic E-state index is -2.89. The summed E-state index contributed by atoms with van der Waals surface area (Å²) >= 11 is 0. The Morgan fingerprint density at radius 2 is 1.90 bits per heavy atom. The summed E-state index contributed by atoms with van der Waals surface area (Å²) < 4.78 is 22.2. The molecule has 0 unspecified atom stereocenters. The molecule has 0 aromatic rings. The van der Waals surface area contributed by atoms with Gasteiger partial charge in [0, 0.05) is 36.8 Å². The number of nitrogens with zero attached hydrogens (tertiary/aromatic N) is 2. The number of hydrogen-bond acceptors (Lipinski definition) is 3. The maximum absolute atomic E-state index is 11.1. The third kappa shape index (κ3) is 3.87. The number of guanidine groups is 1. The molecule has 1 N–H and O–H groups in total. The van der Waals surface area contributed by atoms with E-state index in [0.29, 0.717) is 13.0 Å². The van der Waals surface area contributed by atoms with Crippen molar-refractivity contribution in [2.75, 3.05) is 31.6 Å². The highest BCUT2D eigenvalue weighted by Gasteiger charge is 2.53. The van der Waals surface area contributed by atoms with E-state index in [1.165, 1.54) is 6.26 Å².